The van der Waals surface area contributed by atoms with Gasteiger partial charge in [-0.2, -0.15) is 15.6 Å². The van der Waals surface area contributed by atoms with Crippen LogP contribution in [0.15, 0.2) is 53.6 Å². The molecule has 96 valence electrons. The third-order valence-electron chi connectivity index (χ3n) is 2.58. The van der Waals surface area contributed by atoms with Crippen LogP contribution in [0, 0.1) is 28.5 Å². The summed E-state index contributed by atoms with van der Waals surface area (Å²) in [7, 11) is 0. The van der Waals surface area contributed by atoms with Gasteiger partial charge in [-0.05, 0) is 23.3 Å². The Kier molecular flexibility index (Phi) is 4.06. The van der Waals surface area contributed by atoms with Gasteiger partial charge in [0, 0.05) is 0 Å². The van der Waals surface area contributed by atoms with Crippen LogP contribution >= 0.6 is 0 Å². The summed E-state index contributed by atoms with van der Waals surface area (Å²) >= 11 is 0. The van der Waals surface area contributed by atoms with Crippen molar-refractivity contribution in [1.29, 1.82) is 10.5 Å². The summed E-state index contributed by atoms with van der Waals surface area (Å²) in [6, 6.07) is 17.2. The van der Waals surface area contributed by atoms with Gasteiger partial charge >= 0.3 is 0 Å². The van der Waals surface area contributed by atoms with Crippen molar-refractivity contribution in [2.24, 2.45) is 5.10 Å². The standard InChI is InChI=1S/C15H9FN4/c16-14-8-12(11-4-2-1-3-5-11)6-7-15(14)20-19-13(9-17)10-18/h1-8,20H. The van der Waals surface area contributed by atoms with E-state index < -0.39 is 5.82 Å². The third-order valence-corrected chi connectivity index (χ3v) is 2.58. The van der Waals surface area contributed by atoms with Crippen molar-refractivity contribution in [3.63, 3.8) is 0 Å². The molecule has 4 nitrogen and oxygen atoms in total. The minimum absolute atomic E-state index is 0.104. The van der Waals surface area contributed by atoms with Crippen LogP contribution in [0.2, 0.25) is 0 Å². The quantitative estimate of drug-likeness (QED) is 0.682. The molecule has 0 saturated carbocycles. The Morgan fingerprint density at radius 3 is 2.30 bits per heavy atom. The van der Waals surface area contributed by atoms with E-state index in [0.29, 0.717) is 0 Å². The summed E-state index contributed by atoms with van der Waals surface area (Å²) < 4.78 is 13.9. The van der Waals surface area contributed by atoms with Gasteiger partial charge in [-0.3, -0.25) is 5.43 Å². The van der Waals surface area contributed by atoms with Crippen LogP contribution in [-0.2, 0) is 0 Å². The second kappa shape index (κ2) is 6.12. The minimum Gasteiger partial charge on any atom is -0.274 e. The first-order valence-corrected chi connectivity index (χ1v) is 5.73. The van der Waals surface area contributed by atoms with Gasteiger partial charge in [0.1, 0.15) is 18.0 Å². The molecule has 1 N–H and O–H groups in total. The molecule has 2 aromatic rings. The van der Waals surface area contributed by atoms with E-state index in [4.69, 9.17) is 10.5 Å². The number of hydrogen-bond donors (Lipinski definition) is 1. The summed E-state index contributed by atoms with van der Waals surface area (Å²) in [6.07, 6.45) is 0. The van der Waals surface area contributed by atoms with Crippen molar-refractivity contribution in [3.8, 4) is 23.3 Å². The maximum Gasteiger partial charge on any atom is 0.237 e. The summed E-state index contributed by atoms with van der Waals surface area (Å²) in [5.41, 5.74) is 3.74. The maximum atomic E-state index is 13.9. The SMILES string of the molecule is N#CC(C#N)=NNc1ccc(-c2ccccc2)cc1F. The lowest BCUT2D eigenvalue weighted by atomic mass is 10.1. The highest BCUT2D eigenvalue weighted by Crippen LogP contribution is 2.24. The molecule has 0 unspecified atom stereocenters. The van der Waals surface area contributed by atoms with Crippen LogP contribution in [0.25, 0.3) is 11.1 Å². The van der Waals surface area contributed by atoms with E-state index in [-0.39, 0.29) is 11.4 Å². The van der Waals surface area contributed by atoms with Crippen molar-refractivity contribution in [2.75, 3.05) is 5.43 Å². The smallest absolute Gasteiger partial charge is 0.237 e. The molecule has 0 aromatic heterocycles. The maximum absolute atomic E-state index is 13.9. The Morgan fingerprint density at radius 2 is 1.70 bits per heavy atom. The fraction of sp³-hybridized carbons (Fsp3) is 0. The number of nitrogens with one attached hydrogen (secondary N) is 1. The first-order chi connectivity index (χ1) is 9.74. The van der Waals surface area contributed by atoms with E-state index >= 15 is 0 Å². The highest BCUT2D eigenvalue weighted by molar-refractivity contribution is 6.10. The fourth-order valence-electron chi connectivity index (χ4n) is 1.61. The van der Waals surface area contributed by atoms with Crippen molar-refractivity contribution in [3.05, 3.63) is 54.3 Å². The van der Waals surface area contributed by atoms with E-state index in [1.165, 1.54) is 12.1 Å². The highest BCUT2D eigenvalue weighted by Gasteiger charge is 2.05. The zero-order chi connectivity index (χ0) is 14.4. The zero-order valence-corrected chi connectivity index (χ0v) is 10.3. The highest BCUT2D eigenvalue weighted by atomic mass is 19.1. The molecule has 0 aliphatic rings. The summed E-state index contributed by atoms with van der Waals surface area (Å²) in [4.78, 5) is 0. The number of nitriles is 2. The molecule has 20 heavy (non-hydrogen) atoms. The number of rotatable bonds is 3. The predicted molar refractivity (Wildman–Crippen MR) is 74.1 cm³/mol. The topological polar surface area (TPSA) is 72.0 Å². The number of benzene rings is 2. The fourth-order valence-corrected chi connectivity index (χ4v) is 1.61. The summed E-state index contributed by atoms with van der Waals surface area (Å²) in [5, 5.41) is 20.6. The average Bonchev–Trinajstić information content (AvgIpc) is 2.50. The van der Waals surface area contributed by atoms with Crippen molar-refractivity contribution in [1.82, 2.24) is 0 Å². The summed E-state index contributed by atoms with van der Waals surface area (Å²) in [5.74, 6) is -0.509. The first-order valence-electron chi connectivity index (χ1n) is 5.73. The normalized spacial score (nSPS) is 9.15. The van der Waals surface area contributed by atoms with Crippen LogP contribution in [-0.4, -0.2) is 5.71 Å². The lowest BCUT2D eigenvalue weighted by Gasteiger charge is -2.05. The van der Waals surface area contributed by atoms with Gasteiger partial charge in [-0.1, -0.05) is 36.4 Å². The van der Waals surface area contributed by atoms with Gasteiger partial charge in [0.25, 0.3) is 0 Å². The van der Waals surface area contributed by atoms with Crippen molar-refractivity contribution < 1.29 is 4.39 Å². The molecule has 0 aliphatic heterocycles. The van der Waals surface area contributed by atoms with Gasteiger partial charge in [-0.25, -0.2) is 4.39 Å². The molecule has 0 bridgehead atoms. The minimum atomic E-state index is -0.509. The van der Waals surface area contributed by atoms with E-state index in [2.05, 4.69) is 10.5 Å². The Labute approximate surface area is 115 Å². The molecule has 2 aromatic carbocycles. The van der Waals surface area contributed by atoms with Crippen molar-refractivity contribution in [2.45, 2.75) is 0 Å². The van der Waals surface area contributed by atoms with E-state index in [1.54, 1.807) is 18.2 Å². The Hall–Kier alpha value is -3.18. The Bertz CT molecular complexity index is 708. The molecular weight excluding hydrogens is 255 g/mol. The molecule has 0 saturated heterocycles. The molecular formula is C15H9FN4. The van der Waals surface area contributed by atoms with Gasteiger partial charge < -0.3 is 0 Å². The molecule has 0 heterocycles. The summed E-state index contributed by atoms with van der Waals surface area (Å²) in [6.45, 7) is 0. The molecule has 0 atom stereocenters. The van der Waals surface area contributed by atoms with Crippen LogP contribution in [0.4, 0.5) is 10.1 Å². The van der Waals surface area contributed by atoms with Gasteiger partial charge in [0.2, 0.25) is 5.71 Å². The number of halogens is 1. The van der Waals surface area contributed by atoms with E-state index in [0.717, 1.165) is 11.1 Å². The molecule has 0 spiro atoms. The lowest BCUT2D eigenvalue weighted by molar-refractivity contribution is 0.631. The second-order valence-electron chi connectivity index (χ2n) is 3.86. The molecule has 0 aliphatic carbocycles. The molecule has 2 rings (SSSR count). The number of anilines is 1. The van der Waals surface area contributed by atoms with Crippen LogP contribution in [0.3, 0.4) is 0 Å². The van der Waals surface area contributed by atoms with E-state index in [9.17, 15) is 4.39 Å². The van der Waals surface area contributed by atoms with Gasteiger partial charge in [-0.15, -0.1) is 0 Å². The van der Waals surface area contributed by atoms with E-state index in [1.807, 2.05) is 30.3 Å². The molecule has 5 heteroatoms. The van der Waals surface area contributed by atoms with Gasteiger partial charge in [0.05, 0.1) is 5.69 Å². The Balaban J connectivity index is 2.26. The van der Waals surface area contributed by atoms with Crippen molar-refractivity contribution >= 4 is 11.4 Å². The zero-order valence-electron chi connectivity index (χ0n) is 10.3. The molecule has 0 fully saturated rings. The second-order valence-corrected chi connectivity index (χ2v) is 3.86. The number of nitrogens with zero attached hydrogens (tertiary/aromatic N) is 3. The third kappa shape index (κ3) is 2.98. The molecule has 0 amide bonds. The van der Waals surface area contributed by atoms with Crippen LogP contribution < -0.4 is 5.43 Å². The molecule has 0 radical (unpaired) electrons. The van der Waals surface area contributed by atoms with Gasteiger partial charge in [0.15, 0.2) is 0 Å². The largest absolute Gasteiger partial charge is 0.274 e. The van der Waals surface area contributed by atoms with Crippen LogP contribution in [0.1, 0.15) is 0 Å². The predicted octanol–water partition coefficient (Wildman–Crippen LogP) is 3.31. The first kappa shape index (κ1) is 13.3. The van der Waals surface area contributed by atoms with Crippen LogP contribution in [0.5, 0.6) is 0 Å². The number of hydrogen-bond acceptors (Lipinski definition) is 4. The monoisotopic (exact) mass is 264 g/mol. The number of hydrazone groups is 1. The Morgan fingerprint density at radius 1 is 1.00 bits per heavy atom. The average molecular weight is 264 g/mol. The lowest BCUT2D eigenvalue weighted by Crippen LogP contribution is -1.98.